The van der Waals surface area contributed by atoms with Gasteiger partial charge in [0.1, 0.15) is 0 Å². The van der Waals surface area contributed by atoms with E-state index in [9.17, 15) is 0 Å². The van der Waals surface area contributed by atoms with Crippen LogP contribution in [0.5, 0.6) is 0 Å². The molecule has 0 unspecified atom stereocenters. The Kier molecular flexibility index (Phi) is 4.18. The maximum atomic E-state index is 5.47. The second-order valence-corrected chi connectivity index (χ2v) is 4.49. The number of morpholine rings is 1. The van der Waals surface area contributed by atoms with Gasteiger partial charge in [0, 0.05) is 24.5 Å². The van der Waals surface area contributed by atoms with E-state index in [1.54, 1.807) is 0 Å². The third-order valence-electron chi connectivity index (χ3n) is 2.76. The average molecular weight is 270 g/mol. The number of alkyl halides is 1. The molecular weight excluding hydrogens is 254 g/mol. The van der Waals surface area contributed by atoms with Gasteiger partial charge in [-0.05, 0) is 5.56 Å². The van der Waals surface area contributed by atoms with Crippen molar-refractivity contribution in [2.45, 2.75) is 12.6 Å². The largest absolute Gasteiger partial charge is 0.378 e. The highest BCUT2D eigenvalue weighted by Gasteiger charge is 2.21. The van der Waals surface area contributed by atoms with Gasteiger partial charge in [-0.1, -0.05) is 46.3 Å². The number of benzene rings is 1. The molecule has 0 bridgehead atoms. The van der Waals surface area contributed by atoms with Crippen LogP contribution in [0.15, 0.2) is 30.3 Å². The molecule has 15 heavy (non-hydrogen) atoms. The van der Waals surface area contributed by atoms with Gasteiger partial charge in [0.2, 0.25) is 0 Å². The average Bonchev–Trinajstić information content (AvgIpc) is 2.31. The zero-order chi connectivity index (χ0) is 10.5. The fraction of sp³-hybridized carbons (Fsp3) is 0.500. The Balaban J connectivity index is 1.97. The number of ether oxygens (including phenoxy) is 1. The number of halogens is 1. The minimum Gasteiger partial charge on any atom is -0.378 e. The monoisotopic (exact) mass is 269 g/mol. The maximum Gasteiger partial charge on any atom is 0.0630 e. The highest BCUT2D eigenvalue weighted by atomic mass is 79.9. The molecule has 1 aliphatic heterocycles. The maximum absolute atomic E-state index is 5.47. The van der Waals surface area contributed by atoms with E-state index in [0.717, 1.165) is 31.6 Å². The molecule has 0 aromatic heterocycles. The van der Waals surface area contributed by atoms with Gasteiger partial charge in [-0.15, -0.1) is 0 Å². The highest BCUT2D eigenvalue weighted by molar-refractivity contribution is 9.09. The zero-order valence-corrected chi connectivity index (χ0v) is 10.3. The third-order valence-corrected chi connectivity index (χ3v) is 3.50. The van der Waals surface area contributed by atoms with Crippen LogP contribution in [0, 0.1) is 0 Å². The van der Waals surface area contributed by atoms with Gasteiger partial charge in [0.25, 0.3) is 0 Å². The fourth-order valence-corrected chi connectivity index (χ4v) is 2.45. The van der Waals surface area contributed by atoms with E-state index in [2.05, 4.69) is 51.2 Å². The molecule has 0 saturated carbocycles. The summed E-state index contributed by atoms with van der Waals surface area (Å²) in [7, 11) is 0. The van der Waals surface area contributed by atoms with Gasteiger partial charge in [0.05, 0.1) is 13.2 Å². The summed E-state index contributed by atoms with van der Waals surface area (Å²) in [6.45, 7) is 3.76. The smallest absolute Gasteiger partial charge is 0.0630 e. The first-order valence-electron chi connectivity index (χ1n) is 5.32. The topological polar surface area (TPSA) is 12.5 Å². The fourth-order valence-electron chi connectivity index (χ4n) is 1.86. The molecule has 1 fully saturated rings. The van der Waals surface area contributed by atoms with Crippen molar-refractivity contribution >= 4 is 15.9 Å². The lowest BCUT2D eigenvalue weighted by molar-refractivity contribution is -0.00212. The minimum absolute atomic E-state index is 0.513. The van der Waals surface area contributed by atoms with E-state index in [1.165, 1.54) is 5.56 Å². The Morgan fingerprint density at radius 1 is 1.33 bits per heavy atom. The van der Waals surface area contributed by atoms with Gasteiger partial charge in [-0.2, -0.15) is 0 Å². The summed E-state index contributed by atoms with van der Waals surface area (Å²) >= 11 is 3.54. The Labute approximate surface area is 99.4 Å². The summed E-state index contributed by atoms with van der Waals surface area (Å²) < 4.78 is 5.47. The summed E-state index contributed by atoms with van der Waals surface area (Å²) in [6.07, 6.45) is 0. The molecule has 1 atom stereocenters. The van der Waals surface area contributed by atoms with E-state index in [0.29, 0.717) is 6.04 Å². The molecule has 1 aliphatic rings. The van der Waals surface area contributed by atoms with Gasteiger partial charge < -0.3 is 4.74 Å². The molecule has 2 rings (SSSR count). The van der Waals surface area contributed by atoms with E-state index in [1.807, 2.05) is 0 Å². The van der Waals surface area contributed by atoms with Crippen molar-refractivity contribution in [1.29, 1.82) is 0 Å². The normalized spacial score (nSPS) is 22.9. The predicted molar refractivity (Wildman–Crippen MR) is 65.3 cm³/mol. The number of hydrogen-bond donors (Lipinski definition) is 0. The van der Waals surface area contributed by atoms with Gasteiger partial charge in [-0.3, -0.25) is 4.90 Å². The first kappa shape index (κ1) is 11.1. The molecule has 3 heteroatoms. The van der Waals surface area contributed by atoms with Crippen LogP contribution >= 0.6 is 15.9 Å². The molecule has 82 valence electrons. The molecule has 0 radical (unpaired) electrons. The second kappa shape index (κ2) is 5.64. The van der Waals surface area contributed by atoms with E-state index in [4.69, 9.17) is 4.74 Å². The second-order valence-electron chi connectivity index (χ2n) is 3.84. The summed E-state index contributed by atoms with van der Waals surface area (Å²) in [4.78, 5) is 2.48. The van der Waals surface area contributed by atoms with Crippen molar-refractivity contribution in [2.75, 3.05) is 25.1 Å². The summed E-state index contributed by atoms with van der Waals surface area (Å²) in [6, 6.07) is 11.1. The standard InChI is InChI=1S/C12H16BrNO/c13-8-12-10-15-7-6-14(12)9-11-4-2-1-3-5-11/h1-5,12H,6-10H2/t12-/m1/s1. The number of rotatable bonds is 3. The van der Waals surface area contributed by atoms with Gasteiger partial charge >= 0.3 is 0 Å². The lowest BCUT2D eigenvalue weighted by atomic mass is 10.1. The molecule has 0 spiro atoms. The first-order valence-corrected chi connectivity index (χ1v) is 6.44. The van der Waals surface area contributed by atoms with Crippen LogP contribution in [-0.4, -0.2) is 36.0 Å². The quantitative estimate of drug-likeness (QED) is 0.781. The van der Waals surface area contributed by atoms with Crippen molar-refractivity contribution in [3.63, 3.8) is 0 Å². The van der Waals surface area contributed by atoms with Crippen LogP contribution in [0.3, 0.4) is 0 Å². The predicted octanol–water partition coefficient (Wildman–Crippen LogP) is 2.28. The summed E-state index contributed by atoms with van der Waals surface area (Å²) in [5, 5.41) is 0.986. The van der Waals surface area contributed by atoms with Crippen LogP contribution < -0.4 is 0 Å². The molecule has 2 nitrogen and oxygen atoms in total. The number of nitrogens with zero attached hydrogens (tertiary/aromatic N) is 1. The van der Waals surface area contributed by atoms with Crippen LogP contribution in [0.4, 0.5) is 0 Å². The van der Waals surface area contributed by atoms with E-state index < -0.39 is 0 Å². The molecule has 1 aromatic carbocycles. The van der Waals surface area contributed by atoms with Crippen LogP contribution in [0.25, 0.3) is 0 Å². The molecule has 0 aliphatic carbocycles. The highest BCUT2D eigenvalue weighted by Crippen LogP contribution is 2.13. The van der Waals surface area contributed by atoms with Crippen molar-refractivity contribution in [2.24, 2.45) is 0 Å². The number of hydrogen-bond acceptors (Lipinski definition) is 2. The van der Waals surface area contributed by atoms with Crippen LogP contribution in [0.2, 0.25) is 0 Å². The molecular formula is C12H16BrNO. The SMILES string of the molecule is BrC[C@@H]1COCCN1Cc1ccccc1. The Morgan fingerprint density at radius 2 is 2.13 bits per heavy atom. The lowest BCUT2D eigenvalue weighted by Gasteiger charge is -2.34. The Hall–Kier alpha value is -0.380. The summed E-state index contributed by atoms with van der Waals surface area (Å²) in [5.74, 6) is 0. The molecule has 1 aromatic rings. The minimum atomic E-state index is 0.513. The first-order chi connectivity index (χ1) is 7.40. The Bertz CT molecular complexity index is 291. The molecule has 0 N–H and O–H groups in total. The van der Waals surface area contributed by atoms with Gasteiger partial charge in [0.15, 0.2) is 0 Å². The van der Waals surface area contributed by atoms with Gasteiger partial charge in [-0.25, -0.2) is 0 Å². The Morgan fingerprint density at radius 3 is 2.87 bits per heavy atom. The van der Waals surface area contributed by atoms with Crippen molar-refractivity contribution < 1.29 is 4.74 Å². The lowest BCUT2D eigenvalue weighted by Crippen LogP contribution is -2.45. The van der Waals surface area contributed by atoms with Crippen LogP contribution in [-0.2, 0) is 11.3 Å². The van der Waals surface area contributed by atoms with Crippen LogP contribution in [0.1, 0.15) is 5.56 Å². The molecule has 0 amide bonds. The van der Waals surface area contributed by atoms with E-state index in [-0.39, 0.29) is 0 Å². The van der Waals surface area contributed by atoms with Crippen molar-refractivity contribution in [3.8, 4) is 0 Å². The third kappa shape index (κ3) is 3.03. The zero-order valence-electron chi connectivity index (χ0n) is 8.73. The van der Waals surface area contributed by atoms with Crippen molar-refractivity contribution in [3.05, 3.63) is 35.9 Å². The molecule has 1 saturated heterocycles. The molecule has 1 heterocycles. The summed E-state index contributed by atoms with van der Waals surface area (Å²) in [5.41, 5.74) is 1.38. The van der Waals surface area contributed by atoms with E-state index >= 15 is 0 Å². The van der Waals surface area contributed by atoms with Crippen molar-refractivity contribution in [1.82, 2.24) is 4.90 Å².